The van der Waals surface area contributed by atoms with Gasteiger partial charge in [0.25, 0.3) is 5.85 Å². The summed E-state index contributed by atoms with van der Waals surface area (Å²) in [5.74, 6) is -1.58. The second kappa shape index (κ2) is 10.3. The lowest BCUT2D eigenvalue weighted by Gasteiger charge is -2.48. The van der Waals surface area contributed by atoms with Gasteiger partial charge < -0.3 is 28.0 Å². The molecule has 1 aromatic rings. The van der Waals surface area contributed by atoms with Gasteiger partial charge in [0.05, 0.1) is 24.7 Å². The summed E-state index contributed by atoms with van der Waals surface area (Å²) in [6.45, 7) is 9.70. The molecular weight excluding hydrogens is 447 g/mol. The van der Waals surface area contributed by atoms with E-state index in [1.165, 1.54) is 0 Å². The second-order valence-corrected chi connectivity index (χ2v) is 11.0. The Hall–Kier alpha value is -1.70. The van der Waals surface area contributed by atoms with Crippen molar-refractivity contribution < 1.29 is 37.4 Å². The average molecular weight is 483 g/mol. The van der Waals surface area contributed by atoms with Gasteiger partial charge in [0.2, 0.25) is 0 Å². The zero-order chi connectivity index (χ0) is 24.3. The minimum absolute atomic E-state index is 0.0335. The molecule has 1 aromatic carbocycles. The number of benzene rings is 1. The van der Waals surface area contributed by atoms with Crippen molar-refractivity contribution in [2.45, 2.75) is 58.4 Å². The number of rotatable bonds is 9. The smallest absolute Gasteiger partial charge is 0.370 e. The predicted molar refractivity (Wildman–Crippen MR) is 123 cm³/mol. The number of esters is 1. The first-order valence-electron chi connectivity index (χ1n) is 11.3. The molecule has 1 unspecified atom stereocenters. The Morgan fingerprint density at radius 2 is 1.88 bits per heavy atom. The quantitative estimate of drug-likeness (QED) is 0.216. The van der Waals surface area contributed by atoms with E-state index in [4.69, 9.17) is 28.0 Å². The molecule has 9 heteroatoms. The highest BCUT2D eigenvalue weighted by atomic mass is 31.2. The largest absolute Gasteiger partial charge is 0.467 e. The number of hydrogen-bond acceptors (Lipinski definition) is 8. The van der Waals surface area contributed by atoms with Crippen molar-refractivity contribution in [3.05, 3.63) is 41.5 Å². The monoisotopic (exact) mass is 482 g/mol. The molecule has 1 aliphatic carbocycles. The molecule has 3 rings (SSSR count). The summed E-state index contributed by atoms with van der Waals surface area (Å²) in [7, 11) is -2.37. The van der Waals surface area contributed by atoms with Crippen LogP contribution in [0.25, 0.3) is 0 Å². The summed E-state index contributed by atoms with van der Waals surface area (Å²) >= 11 is 0. The Morgan fingerprint density at radius 3 is 2.52 bits per heavy atom. The highest BCUT2D eigenvalue weighted by molar-refractivity contribution is 7.55. The maximum absolute atomic E-state index is 13.6. The number of fused-ring (bicyclic) bond motifs is 1. The molecule has 0 saturated carbocycles. The third-order valence-electron chi connectivity index (χ3n) is 6.12. The van der Waals surface area contributed by atoms with E-state index in [2.05, 4.69) is 12.2 Å². The van der Waals surface area contributed by atoms with E-state index in [0.29, 0.717) is 12.2 Å². The Balaban J connectivity index is 2.17. The molecule has 1 fully saturated rings. The highest BCUT2D eigenvalue weighted by Crippen LogP contribution is 2.59. The molecule has 0 radical (unpaired) electrons. The van der Waals surface area contributed by atoms with Crippen molar-refractivity contribution in [3.63, 3.8) is 0 Å². The minimum atomic E-state index is -3.93. The van der Waals surface area contributed by atoms with Crippen LogP contribution in [-0.2, 0) is 38.0 Å². The maximum atomic E-state index is 13.6. The number of aryl methyl sites for hydroxylation is 1. The van der Waals surface area contributed by atoms with E-state index < -0.39 is 36.3 Å². The van der Waals surface area contributed by atoms with Gasteiger partial charge in [0.1, 0.15) is 12.4 Å². The Morgan fingerprint density at radius 1 is 1.18 bits per heavy atom. The van der Waals surface area contributed by atoms with Crippen LogP contribution in [0.3, 0.4) is 0 Å². The second-order valence-electron chi connectivity index (χ2n) is 8.94. The first-order chi connectivity index (χ1) is 15.6. The summed E-state index contributed by atoms with van der Waals surface area (Å²) in [6.07, 6.45) is 4.09. The molecule has 3 atom stereocenters. The zero-order valence-electron chi connectivity index (χ0n) is 20.3. The summed E-state index contributed by atoms with van der Waals surface area (Å²) in [6, 6.07) is 5.86. The van der Waals surface area contributed by atoms with E-state index in [9.17, 15) is 9.36 Å². The first-order valence-corrected chi connectivity index (χ1v) is 12.9. The predicted octanol–water partition coefficient (Wildman–Crippen LogP) is 4.74. The minimum Gasteiger partial charge on any atom is -0.467 e. The molecule has 1 heterocycles. The van der Waals surface area contributed by atoms with Crippen LogP contribution in [0.2, 0.25) is 0 Å². The molecule has 0 spiro atoms. The van der Waals surface area contributed by atoms with Crippen LogP contribution in [0, 0.1) is 12.3 Å². The molecule has 2 aliphatic rings. The van der Waals surface area contributed by atoms with Crippen molar-refractivity contribution in [1.29, 1.82) is 0 Å². The van der Waals surface area contributed by atoms with Crippen molar-refractivity contribution >= 4 is 13.6 Å². The normalized spacial score (nSPS) is 26.9. The topological polar surface area (TPSA) is 89.5 Å². The maximum Gasteiger partial charge on any atom is 0.370 e. The Kier molecular flexibility index (Phi) is 8.07. The summed E-state index contributed by atoms with van der Waals surface area (Å²) in [4.78, 5) is 13.1. The van der Waals surface area contributed by atoms with Crippen molar-refractivity contribution in [2.75, 3.05) is 33.7 Å². The van der Waals surface area contributed by atoms with Gasteiger partial charge in [-0.05, 0) is 32.8 Å². The van der Waals surface area contributed by atoms with Crippen LogP contribution in [0.15, 0.2) is 30.4 Å². The molecular formula is C24H35O8P. The molecule has 1 aliphatic heterocycles. The fourth-order valence-corrected chi connectivity index (χ4v) is 6.46. The van der Waals surface area contributed by atoms with Crippen LogP contribution in [-0.4, -0.2) is 51.6 Å². The van der Waals surface area contributed by atoms with Gasteiger partial charge in [0.15, 0.2) is 6.79 Å². The molecule has 8 nitrogen and oxygen atoms in total. The summed E-state index contributed by atoms with van der Waals surface area (Å²) in [5.41, 5.74) is 0.473. The molecule has 0 bridgehead atoms. The number of methoxy groups -OCH3 is 1. The SMILES string of the molecule is CCOP(=O)(OCC)[C@@H]1O[C@@H]2C(C)(C)C=CCC2(c2cccc(C)c2OCOC)COC1=O. The van der Waals surface area contributed by atoms with E-state index in [-0.39, 0.29) is 26.6 Å². The lowest BCUT2D eigenvalue weighted by Crippen LogP contribution is -2.53. The van der Waals surface area contributed by atoms with Gasteiger partial charge in [-0.3, -0.25) is 4.57 Å². The summed E-state index contributed by atoms with van der Waals surface area (Å²) < 4.78 is 47.9. The third kappa shape index (κ3) is 4.91. The molecule has 1 saturated heterocycles. The number of ether oxygens (including phenoxy) is 4. The standard InChI is InChI=1S/C24H35O8P/c1-7-30-33(26,31-8-2)21-20(25)28-15-24(14-10-13-23(4,5)22(24)32-21)18-12-9-11-17(3)19(18)29-16-27-6/h9-13,21-22H,7-8,14-16H2,1-6H3/t21-,22+,24?/m0/s1. The first kappa shape index (κ1) is 25.9. The Labute approximate surface area is 196 Å². The zero-order valence-corrected chi connectivity index (χ0v) is 21.2. The van der Waals surface area contributed by atoms with E-state index in [0.717, 1.165) is 11.1 Å². The third-order valence-corrected chi connectivity index (χ3v) is 8.26. The van der Waals surface area contributed by atoms with Gasteiger partial charge >= 0.3 is 13.6 Å². The molecule has 33 heavy (non-hydrogen) atoms. The van der Waals surface area contributed by atoms with Crippen LogP contribution >= 0.6 is 7.60 Å². The number of para-hydroxylation sites is 1. The van der Waals surface area contributed by atoms with E-state index in [1.807, 2.05) is 39.0 Å². The molecule has 0 amide bonds. The lowest BCUT2D eigenvalue weighted by molar-refractivity contribution is -0.151. The molecule has 184 valence electrons. The molecule has 0 aromatic heterocycles. The van der Waals surface area contributed by atoms with E-state index >= 15 is 0 Å². The van der Waals surface area contributed by atoms with Gasteiger partial charge in [0, 0.05) is 18.1 Å². The van der Waals surface area contributed by atoms with Crippen LogP contribution in [0.1, 0.15) is 45.2 Å². The van der Waals surface area contributed by atoms with Crippen molar-refractivity contribution in [3.8, 4) is 5.75 Å². The van der Waals surface area contributed by atoms with E-state index in [1.54, 1.807) is 21.0 Å². The van der Waals surface area contributed by atoms with Crippen molar-refractivity contribution in [1.82, 2.24) is 0 Å². The average Bonchev–Trinajstić information content (AvgIpc) is 2.91. The molecule has 0 N–H and O–H groups in total. The number of cyclic esters (lactones) is 1. The van der Waals surface area contributed by atoms with Crippen LogP contribution in [0.4, 0.5) is 0 Å². The van der Waals surface area contributed by atoms with Crippen LogP contribution < -0.4 is 4.74 Å². The Bertz CT molecular complexity index is 917. The van der Waals surface area contributed by atoms with Gasteiger partial charge in [-0.25, -0.2) is 4.79 Å². The van der Waals surface area contributed by atoms with Gasteiger partial charge in [-0.2, -0.15) is 0 Å². The van der Waals surface area contributed by atoms with Gasteiger partial charge in [-0.15, -0.1) is 0 Å². The fraction of sp³-hybridized carbons (Fsp3) is 0.625. The summed E-state index contributed by atoms with van der Waals surface area (Å²) in [5, 5.41) is 0. The lowest BCUT2D eigenvalue weighted by atomic mass is 9.61. The van der Waals surface area contributed by atoms with Crippen molar-refractivity contribution in [2.24, 2.45) is 5.41 Å². The number of carbonyl (C=O) groups excluding carboxylic acids is 1. The fourth-order valence-electron chi connectivity index (χ4n) is 4.79. The number of hydrogen-bond donors (Lipinski definition) is 0. The number of allylic oxidation sites excluding steroid dienone is 1. The number of carbonyl (C=O) groups is 1. The van der Waals surface area contributed by atoms with Gasteiger partial charge in [-0.1, -0.05) is 44.2 Å². The highest BCUT2D eigenvalue weighted by Gasteiger charge is 2.58. The van der Waals surface area contributed by atoms with Crippen LogP contribution in [0.5, 0.6) is 5.75 Å².